The van der Waals surface area contributed by atoms with E-state index in [1.54, 1.807) is 14.2 Å². The molecule has 11 nitrogen and oxygen atoms in total. The van der Waals surface area contributed by atoms with Gasteiger partial charge in [-0.25, -0.2) is 0 Å². The average molecular weight is 425 g/mol. The molecular formula is C18H35NO10. The lowest BCUT2D eigenvalue weighted by Gasteiger charge is -2.48. The number of nitrogens with two attached hydrogens (primary N) is 1. The van der Waals surface area contributed by atoms with Crippen molar-refractivity contribution in [3.05, 3.63) is 0 Å². The summed E-state index contributed by atoms with van der Waals surface area (Å²) in [6.07, 6.45) is -6.79. The third-order valence-electron chi connectivity index (χ3n) is 5.42. The molecule has 3 N–H and O–H groups in total. The second kappa shape index (κ2) is 11.8. The molecule has 2 fully saturated rings. The molecule has 2 heterocycles. The normalized spacial score (nSPS) is 43.4. The standard InChI is InChI=1S/C18H35NO10/c1-21-8-10-12(14(24-4)15(25-5)17(20)27-10)29-18-16(26-6)13(23-3)11(22-2)9(7-19)28-18/h9-18,20H,7-8,19H2,1-6H3/t9?,10?,11-,12-,13-,14-,15?,16?,17+,18-/m0/s1. The first-order valence-electron chi connectivity index (χ1n) is 9.48. The van der Waals surface area contributed by atoms with Gasteiger partial charge < -0.3 is 53.5 Å². The average Bonchev–Trinajstić information content (AvgIpc) is 2.73. The van der Waals surface area contributed by atoms with Gasteiger partial charge in [-0.05, 0) is 0 Å². The van der Waals surface area contributed by atoms with E-state index in [-0.39, 0.29) is 13.2 Å². The smallest absolute Gasteiger partial charge is 0.187 e. The minimum atomic E-state index is -1.20. The van der Waals surface area contributed by atoms with Crippen LogP contribution in [0.3, 0.4) is 0 Å². The van der Waals surface area contributed by atoms with Crippen LogP contribution in [0.1, 0.15) is 0 Å². The molecule has 0 bridgehead atoms. The Balaban J connectivity index is 2.29. The van der Waals surface area contributed by atoms with Crippen molar-refractivity contribution >= 4 is 0 Å². The van der Waals surface area contributed by atoms with Gasteiger partial charge in [-0.1, -0.05) is 0 Å². The van der Waals surface area contributed by atoms with Crippen molar-refractivity contribution in [2.45, 2.75) is 61.4 Å². The van der Waals surface area contributed by atoms with Gasteiger partial charge in [0, 0.05) is 49.2 Å². The predicted molar refractivity (Wildman–Crippen MR) is 99.3 cm³/mol. The summed E-state index contributed by atoms with van der Waals surface area (Å²) in [6.45, 7) is 0.363. The third-order valence-corrected chi connectivity index (χ3v) is 5.42. The van der Waals surface area contributed by atoms with Crippen LogP contribution in [0.2, 0.25) is 0 Å². The predicted octanol–water partition coefficient (Wildman–Crippen LogP) is -1.51. The van der Waals surface area contributed by atoms with Crippen LogP contribution in [0.5, 0.6) is 0 Å². The Morgan fingerprint density at radius 2 is 1.24 bits per heavy atom. The van der Waals surface area contributed by atoms with Crippen molar-refractivity contribution in [1.29, 1.82) is 0 Å². The van der Waals surface area contributed by atoms with E-state index in [9.17, 15) is 5.11 Å². The van der Waals surface area contributed by atoms with Gasteiger partial charge in [0.2, 0.25) is 0 Å². The zero-order valence-electron chi connectivity index (χ0n) is 17.9. The summed E-state index contributed by atoms with van der Waals surface area (Å²) in [5.74, 6) is 0. The zero-order chi connectivity index (χ0) is 21.6. The number of hydrogen-bond acceptors (Lipinski definition) is 11. The fraction of sp³-hybridized carbons (Fsp3) is 1.00. The Labute approximate surface area is 171 Å². The Morgan fingerprint density at radius 3 is 1.72 bits per heavy atom. The summed E-state index contributed by atoms with van der Waals surface area (Å²) in [4.78, 5) is 0. The maximum absolute atomic E-state index is 10.3. The van der Waals surface area contributed by atoms with Crippen LogP contribution < -0.4 is 5.73 Å². The third kappa shape index (κ3) is 5.25. The molecule has 11 heteroatoms. The van der Waals surface area contributed by atoms with Gasteiger partial charge in [0.25, 0.3) is 0 Å². The van der Waals surface area contributed by atoms with Crippen LogP contribution in [0.15, 0.2) is 0 Å². The highest BCUT2D eigenvalue weighted by atomic mass is 16.7. The number of aliphatic hydroxyl groups excluding tert-OH is 1. The summed E-state index contributed by atoms with van der Waals surface area (Å²) in [7, 11) is 9.15. The van der Waals surface area contributed by atoms with Crippen molar-refractivity contribution in [2.75, 3.05) is 55.8 Å². The highest BCUT2D eigenvalue weighted by Gasteiger charge is 2.52. The fourth-order valence-electron chi connectivity index (χ4n) is 4.01. The molecule has 0 aromatic heterocycles. The van der Waals surface area contributed by atoms with E-state index in [0.29, 0.717) is 0 Å². The van der Waals surface area contributed by atoms with Gasteiger partial charge in [0.05, 0.1) is 6.61 Å². The molecule has 0 aromatic carbocycles. The zero-order valence-corrected chi connectivity index (χ0v) is 17.9. The Hall–Kier alpha value is -0.440. The molecule has 0 spiro atoms. The first kappa shape index (κ1) is 24.8. The topological polar surface area (TPSA) is 129 Å². The molecule has 2 saturated heterocycles. The molecule has 4 unspecified atom stereocenters. The van der Waals surface area contributed by atoms with Gasteiger partial charge in [-0.15, -0.1) is 0 Å². The number of rotatable bonds is 10. The SMILES string of the molecule is COCC1O[C@@H](O)C(OC)[C@@H](OC)[C@H]1O[C@@H]1OC(CN)[C@H](OC)[C@H](OC)C1OC. The summed E-state index contributed by atoms with van der Waals surface area (Å²) >= 11 is 0. The number of methoxy groups -OCH3 is 6. The molecule has 0 aromatic rings. The Morgan fingerprint density at radius 1 is 0.690 bits per heavy atom. The molecule has 2 aliphatic rings. The van der Waals surface area contributed by atoms with E-state index >= 15 is 0 Å². The van der Waals surface area contributed by atoms with Crippen LogP contribution >= 0.6 is 0 Å². The van der Waals surface area contributed by atoms with E-state index in [0.717, 1.165) is 0 Å². The highest BCUT2D eigenvalue weighted by Crippen LogP contribution is 2.32. The molecule has 172 valence electrons. The van der Waals surface area contributed by atoms with Gasteiger partial charge in [0.1, 0.15) is 48.8 Å². The summed E-state index contributed by atoms with van der Waals surface area (Å²) < 4.78 is 51.0. The van der Waals surface area contributed by atoms with E-state index in [4.69, 9.17) is 48.4 Å². The van der Waals surface area contributed by atoms with Crippen LogP contribution in [0, 0.1) is 0 Å². The van der Waals surface area contributed by atoms with E-state index in [1.165, 1.54) is 28.4 Å². The molecular weight excluding hydrogens is 390 g/mol. The minimum Gasteiger partial charge on any atom is -0.382 e. The molecule has 0 saturated carbocycles. The van der Waals surface area contributed by atoms with Crippen molar-refractivity contribution < 1.29 is 47.7 Å². The minimum absolute atomic E-state index is 0.164. The molecule has 29 heavy (non-hydrogen) atoms. The molecule has 0 aliphatic carbocycles. The lowest BCUT2D eigenvalue weighted by molar-refractivity contribution is -0.360. The molecule has 2 rings (SSSR count). The number of hydrogen-bond donors (Lipinski definition) is 2. The maximum Gasteiger partial charge on any atom is 0.187 e. The molecule has 0 radical (unpaired) electrons. The largest absolute Gasteiger partial charge is 0.382 e. The quantitative estimate of drug-likeness (QED) is 0.424. The van der Waals surface area contributed by atoms with Gasteiger partial charge in [-0.2, -0.15) is 0 Å². The second-order valence-electron chi connectivity index (χ2n) is 6.90. The van der Waals surface area contributed by atoms with E-state index in [1.807, 2.05) is 0 Å². The van der Waals surface area contributed by atoms with Crippen molar-refractivity contribution in [3.63, 3.8) is 0 Å². The first-order valence-corrected chi connectivity index (χ1v) is 9.48. The van der Waals surface area contributed by atoms with Crippen LogP contribution in [-0.2, 0) is 42.6 Å². The fourth-order valence-corrected chi connectivity index (χ4v) is 4.01. The summed E-state index contributed by atoms with van der Waals surface area (Å²) in [6, 6.07) is 0. The summed E-state index contributed by atoms with van der Waals surface area (Å²) in [5.41, 5.74) is 5.88. The van der Waals surface area contributed by atoms with Crippen LogP contribution in [0.25, 0.3) is 0 Å². The second-order valence-corrected chi connectivity index (χ2v) is 6.90. The Kier molecular flexibility index (Phi) is 10.1. The highest BCUT2D eigenvalue weighted by molar-refractivity contribution is 4.96. The van der Waals surface area contributed by atoms with Crippen molar-refractivity contribution in [3.8, 4) is 0 Å². The Bertz CT molecular complexity index is 472. The van der Waals surface area contributed by atoms with Crippen LogP contribution in [0.4, 0.5) is 0 Å². The van der Waals surface area contributed by atoms with Crippen molar-refractivity contribution in [2.24, 2.45) is 5.73 Å². The number of ether oxygens (including phenoxy) is 9. The molecule has 2 aliphatic heterocycles. The lowest BCUT2D eigenvalue weighted by atomic mass is 9.96. The first-order chi connectivity index (χ1) is 14.0. The lowest BCUT2D eigenvalue weighted by Crippen LogP contribution is -2.66. The van der Waals surface area contributed by atoms with E-state index < -0.39 is 61.4 Å². The van der Waals surface area contributed by atoms with Gasteiger partial charge in [-0.3, -0.25) is 0 Å². The van der Waals surface area contributed by atoms with E-state index in [2.05, 4.69) is 0 Å². The van der Waals surface area contributed by atoms with Crippen LogP contribution in [-0.4, -0.2) is 122 Å². The summed E-state index contributed by atoms with van der Waals surface area (Å²) in [5, 5.41) is 10.3. The molecule has 0 amide bonds. The molecule has 10 atom stereocenters. The van der Waals surface area contributed by atoms with Crippen molar-refractivity contribution in [1.82, 2.24) is 0 Å². The van der Waals surface area contributed by atoms with Gasteiger partial charge in [0.15, 0.2) is 12.6 Å². The number of aliphatic hydroxyl groups is 1. The maximum atomic E-state index is 10.3. The monoisotopic (exact) mass is 425 g/mol. The van der Waals surface area contributed by atoms with Gasteiger partial charge >= 0.3 is 0 Å².